The number of nitrogens with one attached hydrogen (secondary N) is 1. The zero-order valence-corrected chi connectivity index (χ0v) is 9.02. The highest BCUT2D eigenvalue weighted by Crippen LogP contribution is 2.25. The van der Waals surface area contributed by atoms with Crippen molar-refractivity contribution in [1.29, 1.82) is 0 Å². The van der Waals surface area contributed by atoms with Gasteiger partial charge in [-0.2, -0.15) is 0 Å². The van der Waals surface area contributed by atoms with Gasteiger partial charge < -0.3 is 20.3 Å². The van der Waals surface area contributed by atoms with E-state index in [0.717, 1.165) is 25.0 Å². The van der Waals surface area contributed by atoms with Crippen LogP contribution in [0.5, 0.6) is 0 Å². The van der Waals surface area contributed by atoms with E-state index in [1.165, 1.54) is 25.9 Å². The van der Waals surface area contributed by atoms with Gasteiger partial charge in [0, 0.05) is 13.2 Å². The van der Waals surface area contributed by atoms with Crippen LogP contribution < -0.4 is 5.32 Å². The Morgan fingerprint density at radius 3 is 1.81 bits per heavy atom. The molecule has 2 fully saturated rings. The number of carboxylic acids is 2. The number of carbonyl (C=O) groups is 2. The zero-order chi connectivity index (χ0) is 12.0. The summed E-state index contributed by atoms with van der Waals surface area (Å²) >= 11 is 0. The molecule has 0 radical (unpaired) electrons. The van der Waals surface area contributed by atoms with Gasteiger partial charge in [-0.25, -0.2) is 9.59 Å². The predicted octanol–water partition coefficient (Wildman–Crippen LogP) is -0.212. The first kappa shape index (κ1) is 12.9. The van der Waals surface area contributed by atoms with Crippen LogP contribution in [0.2, 0.25) is 0 Å². The Balaban J connectivity index is 0.000000187. The lowest BCUT2D eigenvalue weighted by Crippen LogP contribution is -2.47. The third kappa shape index (κ3) is 4.16. The molecule has 0 aromatic rings. The average Bonchev–Trinajstić information content (AvgIpc) is 2.17. The monoisotopic (exact) mass is 231 g/mol. The minimum atomic E-state index is -1.82. The maximum atomic E-state index is 9.10. The van der Waals surface area contributed by atoms with Crippen LogP contribution in [0.15, 0.2) is 0 Å². The van der Waals surface area contributed by atoms with Crippen molar-refractivity contribution >= 4 is 11.9 Å². The number of aliphatic carboxylic acids is 2. The van der Waals surface area contributed by atoms with Crippen LogP contribution >= 0.6 is 0 Å². The highest BCUT2D eigenvalue weighted by Gasteiger charge is 2.27. The van der Waals surface area contributed by atoms with Crippen molar-refractivity contribution in [3.63, 3.8) is 0 Å². The first-order valence-corrected chi connectivity index (χ1v) is 5.36. The summed E-state index contributed by atoms with van der Waals surface area (Å²) in [6, 6.07) is 0. The molecule has 0 spiro atoms. The van der Waals surface area contributed by atoms with E-state index in [0.29, 0.717) is 0 Å². The van der Waals surface area contributed by atoms with Crippen molar-refractivity contribution in [2.75, 3.05) is 26.3 Å². The molecular weight excluding hydrogens is 214 g/mol. The molecular formula is C10H17NO5. The molecule has 0 bridgehead atoms. The zero-order valence-electron chi connectivity index (χ0n) is 9.02. The summed E-state index contributed by atoms with van der Waals surface area (Å²) in [6.45, 7) is 4.51. The third-order valence-corrected chi connectivity index (χ3v) is 2.93. The van der Waals surface area contributed by atoms with Gasteiger partial charge in [-0.05, 0) is 37.8 Å². The lowest BCUT2D eigenvalue weighted by Gasteiger charge is -2.36. The standard InChI is InChI=1S/C8H15NO.C2H2O4/c1-3-10-4-2-7(1)8-5-9-6-8;3-1(4)2(5)6/h7-9H,1-6H2;(H,3,4)(H,5,6). The van der Waals surface area contributed by atoms with Gasteiger partial charge in [0.15, 0.2) is 0 Å². The van der Waals surface area contributed by atoms with Gasteiger partial charge in [-0.15, -0.1) is 0 Å². The smallest absolute Gasteiger partial charge is 0.414 e. The molecule has 2 rings (SSSR count). The van der Waals surface area contributed by atoms with E-state index in [1.54, 1.807) is 0 Å². The molecule has 0 unspecified atom stereocenters. The van der Waals surface area contributed by atoms with Crippen molar-refractivity contribution < 1.29 is 24.5 Å². The highest BCUT2D eigenvalue weighted by molar-refractivity contribution is 6.27. The van der Waals surface area contributed by atoms with E-state index in [9.17, 15) is 0 Å². The maximum Gasteiger partial charge on any atom is 0.414 e. The summed E-state index contributed by atoms with van der Waals surface area (Å²) in [6.07, 6.45) is 2.60. The number of hydrogen-bond acceptors (Lipinski definition) is 4. The van der Waals surface area contributed by atoms with Crippen LogP contribution in [0.3, 0.4) is 0 Å². The van der Waals surface area contributed by atoms with Crippen LogP contribution in [0.4, 0.5) is 0 Å². The van der Waals surface area contributed by atoms with Crippen LogP contribution in [0, 0.1) is 11.8 Å². The Kier molecular flexibility index (Phi) is 5.21. The first-order valence-electron chi connectivity index (χ1n) is 5.36. The molecule has 0 saturated carbocycles. The molecule has 0 aromatic heterocycles. The highest BCUT2D eigenvalue weighted by atomic mass is 16.5. The van der Waals surface area contributed by atoms with Crippen molar-refractivity contribution in [2.45, 2.75) is 12.8 Å². The van der Waals surface area contributed by atoms with Gasteiger partial charge in [-0.3, -0.25) is 0 Å². The topological polar surface area (TPSA) is 95.9 Å². The predicted molar refractivity (Wildman–Crippen MR) is 55.2 cm³/mol. The molecule has 6 heteroatoms. The van der Waals surface area contributed by atoms with E-state index in [-0.39, 0.29) is 0 Å². The minimum Gasteiger partial charge on any atom is -0.473 e. The number of ether oxygens (including phenoxy) is 1. The Bertz CT molecular complexity index is 234. The second kappa shape index (κ2) is 6.44. The SMILES string of the molecule is C1CC(C2CNC2)CCO1.O=C(O)C(=O)O. The summed E-state index contributed by atoms with van der Waals surface area (Å²) in [7, 11) is 0. The van der Waals surface area contributed by atoms with Crippen LogP contribution in [-0.2, 0) is 14.3 Å². The fourth-order valence-electron chi connectivity index (χ4n) is 1.83. The lowest BCUT2D eigenvalue weighted by atomic mass is 9.82. The molecule has 2 saturated heterocycles. The molecule has 16 heavy (non-hydrogen) atoms. The van der Waals surface area contributed by atoms with Crippen molar-refractivity contribution in [3.05, 3.63) is 0 Å². The summed E-state index contributed by atoms with van der Waals surface area (Å²) in [4.78, 5) is 18.2. The minimum absolute atomic E-state index is 0.968. The maximum absolute atomic E-state index is 9.10. The molecule has 0 aliphatic carbocycles. The van der Waals surface area contributed by atoms with Gasteiger partial charge >= 0.3 is 11.9 Å². The van der Waals surface area contributed by atoms with E-state index in [4.69, 9.17) is 24.5 Å². The van der Waals surface area contributed by atoms with Gasteiger partial charge in [-0.1, -0.05) is 0 Å². The fraction of sp³-hybridized carbons (Fsp3) is 0.800. The molecule has 0 atom stereocenters. The quantitative estimate of drug-likeness (QED) is 0.540. The Morgan fingerprint density at radius 2 is 1.50 bits per heavy atom. The van der Waals surface area contributed by atoms with Crippen LogP contribution in [0.25, 0.3) is 0 Å². The summed E-state index contributed by atoms with van der Waals surface area (Å²) in [5.74, 6) is -1.70. The molecule has 6 nitrogen and oxygen atoms in total. The fourth-order valence-corrected chi connectivity index (χ4v) is 1.83. The van der Waals surface area contributed by atoms with Crippen molar-refractivity contribution in [1.82, 2.24) is 5.32 Å². The second-order valence-electron chi connectivity index (χ2n) is 3.98. The van der Waals surface area contributed by atoms with Gasteiger partial charge in [0.2, 0.25) is 0 Å². The largest absolute Gasteiger partial charge is 0.473 e. The van der Waals surface area contributed by atoms with E-state index < -0.39 is 11.9 Å². The van der Waals surface area contributed by atoms with Crippen LogP contribution in [0.1, 0.15) is 12.8 Å². The lowest BCUT2D eigenvalue weighted by molar-refractivity contribution is -0.159. The van der Waals surface area contributed by atoms with E-state index >= 15 is 0 Å². The summed E-state index contributed by atoms with van der Waals surface area (Å²) in [5.41, 5.74) is 0. The number of carboxylic acid groups (broad SMARTS) is 2. The van der Waals surface area contributed by atoms with Gasteiger partial charge in [0.25, 0.3) is 0 Å². The Labute approximate surface area is 93.6 Å². The average molecular weight is 231 g/mol. The van der Waals surface area contributed by atoms with E-state index in [2.05, 4.69) is 5.32 Å². The molecule has 2 aliphatic heterocycles. The van der Waals surface area contributed by atoms with Gasteiger partial charge in [0.1, 0.15) is 0 Å². The number of rotatable bonds is 1. The van der Waals surface area contributed by atoms with E-state index in [1.807, 2.05) is 0 Å². The van der Waals surface area contributed by atoms with Crippen molar-refractivity contribution in [2.24, 2.45) is 11.8 Å². The molecule has 0 amide bonds. The molecule has 92 valence electrons. The summed E-state index contributed by atoms with van der Waals surface area (Å²) < 4.78 is 5.30. The summed E-state index contributed by atoms with van der Waals surface area (Å²) in [5, 5.41) is 18.1. The number of hydrogen-bond donors (Lipinski definition) is 3. The normalized spacial score (nSPS) is 21.5. The molecule has 2 heterocycles. The first-order chi connectivity index (χ1) is 7.61. The molecule has 0 aromatic carbocycles. The van der Waals surface area contributed by atoms with Gasteiger partial charge in [0.05, 0.1) is 0 Å². The van der Waals surface area contributed by atoms with Crippen molar-refractivity contribution in [3.8, 4) is 0 Å². The third-order valence-electron chi connectivity index (χ3n) is 2.93. The molecule has 2 aliphatic rings. The van der Waals surface area contributed by atoms with Crippen LogP contribution in [-0.4, -0.2) is 48.5 Å². The Hall–Kier alpha value is -1.14. The Morgan fingerprint density at radius 1 is 1.00 bits per heavy atom. The second-order valence-corrected chi connectivity index (χ2v) is 3.98. The molecule has 3 N–H and O–H groups in total.